The second kappa shape index (κ2) is 8.37. The van der Waals surface area contributed by atoms with Crippen LogP contribution < -0.4 is 10.1 Å². The molecule has 148 valence electrons. The van der Waals surface area contributed by atoms with Crippen LogP contribution in [0.3, 0.4) is 0 Å². The summed E-state index contributed by atoms with van der Waals surface area (Å²) in [4.78, 5) is 24.2. The topological polar surface area (TPSA) is 75.6 Å². The van der Waals surface area contributed by atoms with Gasteiger partial charge in [0, 0.05) is 0 Å². The molecule has 2 aromatic rings. The van der Waals surface area contributed by atoms with Crippen molar-refractivity contribution in [1.29, 1.82) is 0 Å². The van der Waals surface area contributed by atoms with Crippen LogP contribution in [0.4, 0.5) is 8.78 Å². The number of carboxylic acids is 1. The molecule has 0 saturated heterocycles. The van der Waals surface area contributed by atoms with Crippen LogP contribution in [0.25, 0.3) is 0 Å². The van der Waals surface area contributed by atoms with Crippen molar-refractivity contribution in [3.63, 3.8) is 0 Å². The number of hydrogen-bond donors (Lipinski definition) is 2. The van der Waals surface area contributed by atoms with Crippen LogP contribution in [0.1, 0.15) is 24.8 Å². The molecule has 0 radical (unpaired) electrons. The Morgan fingerprint density at radius 1 is 1.11 bits per heavy atom. The number of ether oxygens (including phenoxy) is 1. The zero-order valence-electron chi connectivity index (χ0n) is 15.2. The molecule has 2 N–H and O–H groups in total. The average Bonchev–Trinajstić information content (AvgIpc) is 2.63. The van der Waals surface area contributed by atoms with Crippen molar-refractivity contribution in [1.82, 2.24) is 5.32 Å². The van der Waals surface area contributed by atoms with Crippen molar-refractivity contribution in [2.24, 2.45) is 5.41 Å². The summed E-state index contributed by atoms with van der Waals surface area (Å²) in [5.74, 6) is -2.13. The Balaban J connectivity index is 1.62. The highest BCUT2D eigenvalue weighted by Gasteiger charge is 2.44. The molecule has 1 fully saturated rings. The van der Waals surface area contributed by atoms with Gasteiger partial charge in [0.2, 0.25) is 12.0 Å². The second-order valence-electron chi connectivity index (χ2n) is 7.05. The van der Waals surface area contributed by atoms with Crippen LogP contribution in [0.5, 0.6) is 5.75 Å². The highest BCUT2D eigenvalue weighted by atomic mass is 19.1. The molecule has 1 atom stereocenters. The van der Waals surface area contributed by atoms with Gasteiger partial charge in [-0.1, -0.05) is 18.6 Å². The van der Waals surface area contributed by atoms with E-state index in [0.717, 1.165) is 24.1 Å². The molecule has 3 rings (SSSR count). The van der Waals surface area contributed by atoms with Gasteiger partial charge in [0.1, 0.15) is 17.4 Å². The third kappa shape index (κ3) is 4.65. The third-order valence-electron chi connectivity index (χ3n) is 5.04. The predicted molar refractivity (Wildman–Crippen MR) is 97.8 cm³/mol. The predicted octanol–water partition coefficient (Wildman–Crippen LogP) is 3.33. The molecule has 0 aromatic heterocycles. The lowest BCUT2D eigenvalue weighted by Crippen LogP contribution is -2.50. The van der Waals surface area contributed by atoms with Gasteiger partial charge in [-0.15, -0.1) is 0 Å². The van der Waals surface area contributed by atoms with Crippen molar-refractivity contribution in [2.75, 3.05) is 6.54 Å². The number of hydrogen-bond acceptors (Lipinski definition) is 3. The van der Waals surface area contributed by atoms with Crippen LogP contribution in [0, 0.1) is 17.0 Å². The van der Waals surface area contributed by atoms with Gasteiger partial charge in [0.05, 0.1) is 12.0 Å². The molecule has 0 aliphatic heterocycles. The largest absolute Gasteiger partial charge is 0.478 e. The minimum atomic E-state index is -1.30. The Labute approximate surface area is 161 Å². The van der Waals surface area contributed by atoms with E-state index >= 15 is 0 Å². The fourth-order valence-electron chi connectivity index (χ4n) is 3.36. The standard InChI is InChI=1S/C21H21F2NO4/c22-15-5-7-17(8-6-15)28-18(19(25)26)13-24-20(27)21(9-2-10-21)12-14-3-1-4-16(23)11-14/h1,3-8,11,18H,2,9-10,12-13H2,(H,24,27)(H,25,26). The first kappa shape index (κ1) is 19.8. The second-order valence-corrected chi connectivity index (χ2v) is 7.05. The summed E-state index contributed by atoms with van der Waals surface area (Å²) in [5.41, 5.74) is 0.0689. The fraction of sp³-hybridized carbons (Fsp3) is 0.333. The Morgan fingerprint density at radius 2 is 1.82 bits per heavy atom. The fourth-order valence-corrected chi connectivity index (χ4v) is 3.36. The molecule has 7 heteroatoms. The molecular formula is C21H21F2NO4. The van der Waals surface area contributed by atoms with E-state index in [2.05, 4.69) is 5.32 Å². The average molecular weight is 389 g/mol. The summed E-state index contributed by atoms with van der Waals surface area (Å²) in [6, 6.07) is 11.1. The molecule has 0 heterocycles. The number of carboxylic acid groups (broad SMARTS) is 1. The molecular weight excluding hydrogens is 368 g/mol. The van der Waals surface area contributed by atoms with Crippen molar-refractivity contribution in [3.8, 4) is 5.75 Å². The lowest BCUT2D eigenvalue weighted by Gasteiger charge is -2.40. The molecule has 1 saturated carbocycles. The van der Waals surface area contributed by atoms with Gasteiger partial charge < -0.3 is 15.2 Å². The van der Waals surface area contributed by atoms with E-state index in [9.17, 15) is 23.5 Å². The first-order valence-electron chi connectivity index (χ1n) is 9.06. The molecule has 1 aliphatic rings. The van der Waals surface area contributed by atoms with Crippen LogP contribution >= 0.6 is 0 Å². The number of benzene rings is 2. The van der Waals surface area contributed by atoms with Gasteiger partial charge in [-0.2, -0.15) is 0 Å². The zero-order chi connectivity index (χ0) is 20.1. The third-order valence-corrected chi connectivity index (χ3v) is 5.04. The first-order chi connectivity index (χ1) is 13.4. The van der Waals surface area contributed by atoms with Gasteiger partial charge in [0.25, 0.3) is 0 Å². The minimum Gasteiger partial charge on any atom is -0.478 e. The van der Waals surface area contributed by atoms with Crippen molar-refractivity contribution in [3.05, 3.63) is 65.7 Å². The number of carbonyl (C=O) groups is 2. The summed E-state index contributed by atoms with van der Waals surface area (Å²) in [7, 11) is 0. The Morgan fingerprint density at radius 3 is 2.39 bits per heavy atom. The maximum atomic E-state index is 13.4. The number of halogens is 2. The minimum absolute atomic E-state index is 0.196. The van der Waals surface area contributed by atoms with E-state index in [0.29, 0.717) is 19.3 Å². The Kier molecular flexibility index (Phi) is 5.92. The number of aliphatic carboxylic acids is 1. The smallest absolute Gasteiger partial charge is 0.346 e. The monoisotopic (exact) mass is 389 g/mol. The van der Waals surface area contributed by atoms with E-state index < -0.39 is 23.3 Å². The van der Waals surface area contributed by atoms with E-state index in [1.165, 1.54) is 24.3 Å². The molecule has 1 aliphatic carbocycles. The summed E-state index contributed by atoms with van der Waals surface area (Å²) in [6.07, 6.45) is 1.29. The number of rotatable bonds is 8. The lowest BCUT2D eigenvalue weighted by molar-refractivity contribution is -0.145. The van der Waals surface area contributed by atoms with Gasteiger partial charge in [0.15, 0.2) is 0 Å². The van der Waals surface area contributed by atoms with Crippen LogP contribution in [-0.2, 0) is 16.0 Å². The zero-order valence-corrected chi connectivity index (χ0v) is 15.2. The van der Waals surface area contributed by atoms with Gasteiger partial charge in [-0.05, 0) is 61.2 Å². The maximum Gasteiger partial charge on any atom is 0.346 e. The van der Waals surface area contributed by atoms with Gasteiger partial charge in [-0.3, -0.25) is 4.79 Å². The van der Waals surface area contributed by atoms with Gasteiger partial charge in [-0.25, -0.2) is 13.6 Å². The first-order valence-corrected chi connectivity index (χ1v) is 9.06. The summed E-state index contributed by atoms with van der Waals surface area (Å²) < 4.78 is 31.7. The summed E-state index contributed by atoms with van der Waals surface area (Å²) >= 11 is 0. The Hall–Kier alpha value is -2.96. The molecule has 0 bridgehead atoms. The number of nitrogens with one attached hydrogen (secondary N) is 1. The molecule has 28 heavy (non-hydrogen) atoms. The van der Waals surface area contributed by atoms with Crippen LogP contribution in [0.2, 0.25) is 0 Å². The van der Waals surface area contributed by atoms with Crippen molar-refractivity contribution in [2.45, 2.75) is 31.8 Å². The van der Waals surface area contributed by atoms with Crippen molar-refractivity contribution < 1.29 is 28.2 Å². The van der Waals surface area contributed by atoms with Gasteiger partial charge >= 0.3 is 5.97 Å². The summed E-state index contributed by atoms with van der Waals surface area (Å²) in [6.45, 7) is -0.226. The highest BCUT2D eigenvalue weighted by Crippen LogP contribution is 2.44. The van der Waals surface area contributed by atoms with E-state index in [1.807, 2.05) is 0 Å². The molecule has 5 nitrogen and oxygen atoms in total. The Bertz CT molecular complexity index is 850. The maximum absolute atomic E-state index is 13.4. The molecule has 1 unspecified atom stereocenters. The summed E-state index contributed by atoms with van der Waals surface area (Å²) in [5, 5.41) is 12.0. The van der Waals surface area contributed by atoms with Crippen molar-refractivity contribution >= 4 is 11.9 Å². The molecule has 2 aromatic carbocycles. The SMILES string of the molecule is O=C(O)C(CNC(=O)C1(Cc2cccc(F)c2)CCC1)Oc1ccc(F)cc1. The highest BCUT2D eigenvalue weighted by molar-refractivity contribution is 5.84. The van der Waals surface area contributed by atoms with Crippen LogP contribution in [-0.4, -0.2) is 29.6 Å². The number of amides is 1. The van der Waals surface area contributed by atoms with E-state index in [1.54, 1.807) is 12.1 Å². The lowest BCUT2D eigenvalue weighted by atomic mass is 9.64. The van der Waals surface area contributed by atoms with E-state index in [4.69, 9.17) is 4.74 Å². The molecule has 0 spiro atoms. The van der Waals surface area contributed by atoms with Crippen LogP contribution in [0.15, 0.2) is 48.5 Å². The normalized spacial score (nSPS) is 15.9. The quantitative estimate of drug-likeness (QED) is 0.726. The molecule has 1 amide bonds. The van der Waals surface area contributed by atoms with E-state index in [-0.39, 0.29) is 24.0 Å². The number of carbonyl (C=O) groups excluding carboxylic acids is 1.